The third kappa shape index (κ3) is 1.60. The number of hydrogen-bond acceptors (Lipinski definition) is 3. The maximum Gasteiger partial charge on any atom is 0.355 e. The van der Waals surface area contributed by atoms with Crippen molar-refractivity contribution >= 4 is 28.2 Å². The van der Waals surface area contributed by atoms with Crippen LogP contribution < -0.4 is 0 Å². The second kappa shape index (κ2) is 3.96. The third-order valence-electron chi connectivity index (χ3n) is 2.85. The number of carbonyl (C=O) groups is 1. The Hall–Kier alpha value is -2.14. The van der Waals surface area contributed by atoms with Gasteiger partial charge >= 0.3 is 5.97 Å². The molecule has 0 unspecified atom stereocenters. The third-order valence-corrected chi connectivity index (χ3v) is 3.73. The molecule has 1 aromatic carbocycles. The van der Waals surface area contributed by atoms with Crippen molar-refractivity contribution in [1.82, 2.24) is 9.55 Å². The van der Waals surface area contributed by atoms with E-state index in [1.54, 1.807) is 5.38 Å². The van der Waals surface area contributed by atoms with Crippen molar-refractivity contribution in [3.05, 3.63) is 41.5 Å². The fraction of sp³-hybridized carbons (Fsp3) is 0.0769. The van der Waals surface area contributed by atoms with Gasteiger partial charge in [0.15, 0.2) is 5.69 Å². The first-order valence-corrected chi connectivity index (χ1v) is 6.28. The second-order valence-electron chi connectivity index (χ2n) is 4.01. The molecule has 0 bridgehead atoms. The van der Waals surface area contributed by atoms with Crippen LogP contribution in [-0.2, 0) is 7.05 Å². The van der Waals surface area contributed by atoms with Gasteiger partial charge in [-0.05, 0) is 6.07 Å². The number of fused-ring (bicyclic) bond motifs is 1. The molecule has 18 heavy (non-hydrogen) atoms. The fourth-order valence-corrected chi connectivity index (χ4v) is 2.83. The van der Waals surface area contributed by atoms with Crippen LogP contribution in [0.4, 0.5) is 0 Å². The number of rotatable bonds is 2. The van der Waals surface area contributed by atoms with Crippen LogP contribution in [0.25, 0.3) is 21.5 Å². The molecule has 0 fully saturated rings. The van der Waals surface area contributed by atoms with Crippen molar-refractivity contribution in [3.63, 3.8) is 0 Å². The SMILES string of the molecule is Cn1cc(-c2nc(C(=O)O)cs2)c2ccccc21. The van der Waals surface area contributed by atoms with Crippen LogP contribution >= 0.6 is 11.3 Å². The highest BCUT2D eigenvalue weighted by atomic mass is 32.1. The van der Waals surface area contributed by atoms with Crippen LogP contribution in [0.2, 0.25) is 0 Å². The van der Waals surface area contributed by atoms with Crippen molar-refractivity contribution in [3.8, 4) is 10.6 Å². The molecular formula is C13H10N2O2S. The van der Waals surface area contributed by atoms with E-state index >= 15 is 0 Å². The van der Waals surface area contributed by atoms with Gasteiger partial charge < -0.3 is 9.67 Å². The van der Waals surface area contributed by atoms with Crippen LogP contribution in [0.15, 0.2) is 35.8 Å². The Labute approximate surface area is 107 Å². The molecule has 3 rings (SSSR count). The minimum Gasteiger partial charge on any atom is -0.476 e. The summed E-state index contributed by atoms with van der Waals surface area (Å²) < 4.78 is 2.02. The average molecular weight is 258 g/mol. The van der Waals surface area contributed by atoms with Crippen LogP contribution in [0.1, 0.15) is 10.5 Å². The van der Waals surface area contributed by atoms with E-state index in [9.17, 15) is 4.79 Å². The molecule has 90 valence electrons. The highest BCUT2D eigenvalue weighted by molar-refractivity contribution is 7.13. The largest absolute Gasteiger partial charge is 0.476 e. The molecule has 5 heteroatoms. The standard InChI is InChI=1S/C13H10N2O2S/c1-15-6-9(8-4-2-3-5-11(8)15)12-14-10(7-18-12)13(16)17/h2-7H,1H3,(H,16,17). The highest BCUT2D eigenvalue weighted by Crippen LogP contribution is 2.32. The topological polar surface area (TPSA) is 55.1 Å². The lowest BCUT2D eigenvalue weighted by molar-refractivity contribution is 0.0691. The first-order valence-electron chi connectivity index (χ1n) is 5.40. The molecule has 0 aliphatic heterocycles. The number of hydrogen-bond donors (Lipinski definition) is 1. The van der Waals surface area contributed by atoms with Gasteiger partial charge in [-0.25, -0.2) is 9.78 Å². The van der Waals surface area contributed by atoms with E-state index in [0.29, 0.717) is 0 Å². The van der Waals surface area contributed by atoms with Crippen LogP contribution in [0, 0.1) is 0 Å². The van der Waals surface area contributed by atoms with E-state index in [2.05, 4.69) is 4.98 Å². The number of nitrogens with zero attached hydrogens (tertiary/aromatic N) is 2. The lowest BCUT2D eigenvalue weighted by Gasteiger charge is -1.93. The summed E-state index contributed by atoms with van der Waals surface area (Å²) >= 11 is 1.35. The Balaban J connectivity index is 2.22. The van der Waals surface area contributed by atoms with Gasteiger partial charge in [0.2, 0.25) is 0 Å². The van der Waals surface area contributed by atoms with Crippen molar-refractivity contribution in [2.45, 2.75) is 0 Å². The van der Waals surface area contributed by atoms with Crippen molar-refractivity contribution in [2.75, 3.05) is 0 Å². The first-order chi connectivity index (χ1) is 8.66. The van der Waals surface area contributed by atoms with Crippen molar-refractivity contribution in [1.29, 1.82) is 0 Å². The summed E-state index contributed by atoms with van der Waals surface area (Å²) in [7, 11) is 1.97. The molecule has 0 aliphatic rings. The number of benzene rings is 1. The summed E-state index contributed by atoms with van der Waals surface area (Å²) in [5, 5.41) is 12.3. The summed E-state index contributed by atoms with van der Waals surface area (Å²) in [4.78, 5) is 15.0. The van der Waals surface area contributed by atoms with E-state index in [1.807, 2.05) is 42.1 Å². The van der Waals surface area contributed by atoms with Gasteiger partial charge in [-0.3, -0.25) is 0 Å². The monoisotopic (exact) mass is 258 g/mol. The number of carboxylic acid groups (broad SMARTS) is 1. The molecule has 0 spiro atoms. The molecule has 2 aromatic heterocycles. The van der Waals surface area contributed by atoms with E-state index in [-0.39, 0.29) is 5.69 Å². The van der Waals surface area contributed by atoms with Crippen LogP contribution in [0.5, 0.6) is 0 Å². The minimum atomic E-state index is -0.988. The smallest absolute Gasteiger partial charge is 0.355 e. The molecule has 0 amide bonds. The Bertz CT molecular complexity index is 742. The van der Waals surface area contributed by atoms with Crippen LogP contribution in [-0.4, -0.2) is 20.6 Å². The Kier molecular flexibility index (Phi) is 2.41. The van der Waals surface area contributed by atoms with Crippen molar-refractivity contribution in [2.24, 2.45) is 7.05 Å². The first kappa shape index (κ1) is 11.0. The van der Waals surface area contributed by atoms with Crippen molar-refractivity contribution < 1.29 is 9.90 Å². The number of aryl methyl sites for hydroxylation is 1. The summed E-state index contributed by atoms with van der Waals surface area (Å²) in [5.74, 6) is -0.988. The predicted molar refractivity (Wildman–Crippen MR) is 71.0 cm³/mol. The summed E-state index contributed by atoms with van der Waals surface area (Å²) in [6.45, 7) is 0. The molecule has 0 saturated carbocycles. The lowest BCUT2D eigenvalue weighted by Crippen LogP contribution is -1.95. The summed E-state index contributed by atoms with van der Waals surface area (Å²) in [6.07, 6.45) is 1.98. The van der Waals surface area contributed by atoms with E-state index in [4.69, 9.17) is 5.11 Å². The van der Waals surface area contributed by atoms with Gasteiger partial charge in [0, 0.05) is 35.1 Å². The molecular weight excluding hydrogens is 248 g/mol. The zero-order valence-electron chi connectivity index (χ0n) is 9.62. The normalized spacial score (nSPS) is 10.9. The van der Waals surface area contributed by atoms with Gasteiger partial charge in [-0.1, -0.05) is 18.2 Å². The predicted octanol–water partition coefficient (Wildman–Crippen LogP) is 3.00. The Morgan fingerprint density at radius 3 is 2.89 bits per heavy atom. The van der Waals surface area contributed by atoms with Gasteiger partial charge in [0.05, 0.1) is 0 Å². The lowest BCUT2D eigenvalue weighted by atomic mass is 10.2. The molecule has 1 N–H and O–H groups in total. The summed E-state index contributed by atoms with van der Waals surface area (Å²) in [5.41, 5.74) is 2.19. The molecule has 0 saturated heterocycles. The van der Waals surface area contributed by atoms with Gasteiger partial charge in [0.25, 0.3) is 0 Å². The maximum atomic E-state index is 10.9. The number of para-hydroxylation sites is 1. The molecule has 2 heterocycles. The molecule has 3 aromatic rings. The zero-order chi connectivity index (χ0) is 12.7. The van der Waals surface area contributed by atoms with Gasteiger partial charge in [-0.15, -0.1) is 11.3 Å². The number of thiazole rings is 1. The van der Waals surface area contributed by atoms with Crippen LogP contribution in [0.3, 0.4) is 0 Å². The fourth-order valence-electron chi connectivity index (χ4n) is 2.01. The molecule has 4 nitrogen and oxygen atoms in total. The number of aromatic carboxylic acids is 1. The maximum absolute atomic E-state index is 10.9. The Morgan fingerprint density at radius 1 is 1.39 bits per heavy atom. The second-order valence-corrected chi connectivity index (χ2v) is 4.87. The molecule has 0 aliphatic carbocycles. The summed E-state index contributed by atoms with van der Waals surface area (Å²) in [6, 6.07) is 8.01. The van der Waals surface area contributed by atoms with E-state index < -0.39 is 5.97 Å². The highest BCUT2D eigenvalue weighted by Gasteiger charge is 2.14. The minimum absolute atomic E-state index is 0.0999. The van der Waals surface area contributed by atoms with E-state index in [1.165, 1.54) is 11.3 Å². The Morgan fingerprint density at radius 2 is 2.17 bits per heavy atom. The quantitative estimate of drug-likeness (QED) is 0.768. The van der Waals surface area contributed by atoms with E-state index in [0.717, 1.165) is 21.5 Å². The number of carboxylic acids is 1. The average Bonchev–Trinajstić information content (AvgIpc) is 2.95. The number of aromatic nitrogens is 2. The molecule has 0 radical (unpaired) electrons. The van der Waals surface area contributed by atoms with Gasteiger partial charge in [-0.2, -0.15) is 0 Å². The van der Waals surface area contributed by atoms with Gasteiger partial charge in [0.1, 0.15) is 5.01 Å². The molecule has 0 atom stereocenters. The zero-order valence-corrected chi connectivity index (χ0v) is 10.4.